The van der Waals surface area contributed by atoms with Crippen LogP contribution >= 0.6 is 0 Å². The monoisotopic (exact) mass is 571 g/mol. The van der Waals surface area contributed by atoms with E-state index in [1.165, 1.54) is 0 Å². The van der Waals surface area contributed by atoms with Crippen molar-refractivity contribution in [3.63, 3.8) is 0 Å². The number of anilines is 2. The van der Waals surface area contributed by atoms with Crippen molar-refractivity contribution in [2.75, 3.05) is 37.9 Å². The Morgan fingerprint density at radius 2 is 1.79 bits per heavy atom. The van der Waals surface area contributed by atoms with Gasteiger partial charge in [-0.15, -0.1) is 0 Å². The van der Waals surface area contributed by atoms with Gasteiger partial charge < -0.3 is 25.0 Å². The lowest BCUT2D eigenvalue weighted by Crippen LogP contribution is -2.34. The second-order valence-electron chi connectivity index (χ2n) is 12.5. The van der Waals surface area contributed by atoms with Crippen molar-refractivity contribution in [1.29, 1.82) is 0 Å². The fourth-order valence-corrected chi connectivity index (χ4v) is 7.74. The first-order valence-electron chi connectivity index (χ1n) is 15.0. The number of imidazole rings is 1. The number of methoxy groups -OCH3 is 1. The number of benzene rings is 2. The lowest BCUT2D eigenvalue weighted by atomic mass is 9.80. The van der Waals surface area contributed by atoms with Gasteiger partial charge in [-0.05, 0) is 80.7 Å². The van der Waals surface area contributed by atoms with E-state index in [0.717, 1.165) is 103 Å². The van der Waals surface area contributed by atoms with E-state index in [1.807, 2.05) is 62.0 Å². The van der Waals surface area contributed by atoms with Crippen molar-refractivity contribution in [2.45, 2.75) is 58.4 Å². The van der Waals surface area contributed by atoms with Crippen LogP contribution in [0.4, 0.5) is 11.4 Å². The minimum absolute atomic E-state index is 0.179. The van der Waals surface area contributed by atoms with Crippen molar-refractivity contribution in [3.05, 3.63) is 59.2 Å². The number of ether oxygens (including phenoxy) is 1. The van der Waals surface area contributed by atoms with Gasteiger partial charge in [0.05, 0.1) is 23.9 Å². The van der Waals surface area contributed by atoms with Crippen LogP contribution in [0.15, 0.2) is 36.4 Å². The average molecular weight is 572 g/mol. The zero-order valence-electron chi connectivity index (χ0n) is 25.0. The zero-order valence-corrected chi connectivity index (χ0v) is 25.0. The number of carbonyl (C=O) groups is 2. The van der Waals surface area contributed by atoms with Crippen LogP contribution in [0.2, 0.25) is 0 Å². The Balaban J connectivity index is 1.15. The SMILES string of the molecule is CNc1cccc(-c2cccc(NC(=O)c3nc4c(n3C)CCN(CCC35CCC(C(=O)O)(CC3)C5)C4)c2C)c1OC. The molecule has 2 aliphatic carbocycles. The number of rotatable bonds is 9. The summed E-state index contributed by atoms with van der Waals surface area (Å²) in [4.78, 5) is 32.6. The van der Waals surface area contributed by atoms with E-state index in [1.54, 1.807) is 7.11 Å². The first kappa shape index (κ1) is 28.3. The van der Waals surface area contributed by atoms with E-state index in [2.05, 4.69) is 15.5 Å². The summed E-state index contributed by atoms with van der Waals surface area (Å²) in [5.41, 5.74) is 6.31. The molecule has 2 fully saturated rings. The Bertz CT molecular complexity index is 1540. The molecule has 1 amide bonds. The number of fused-ring (bicyclic) bond motifs is 3. The molecule has 9 heteroatoms. The molecule has 42 heavy (non-hydrogen) atoms. The molecule has 0 spiro atoms. The molecule has 2 bridgehead atoms. The number of hydrogen-bond acceptors (Lipinski definition) is 6. The Hall–Kier alpha value is -3.85. The molecule has 3 aliphatic rings. The molecule has 9 nitrogen and oxygen atoms in total. The second kappa shape index (κ2) is 10.8. The van der Waals surface area contributed by atoms with E-state index in [-0.39, 0.29) is 11.3 Å². The van der Waals surface area contributed by atoms with Crippen molar-refractivity contribution in [1.82, 2.24) is 14.5 Å². The number of carboxylic acid groups (broad SMARTS) is 1. The summed E-state index contributed by atoms with van der Waals surface area (Å²) >= 11 is 0. The predicted octanol–water partition coefficient (Wildman–Crippen LogP) is 5.48. The fourth-order valence-electron chi connectivity index (χ4n) is 7.74. The number of nitrogens with one attached hydrogen (secondary N) is 2. The van der Waals surface area contributed by atoms with Gasteiger partial charge in [0, 0.05) is 50.6 Å². The Labute approximate surface area is 247 Å². The maximum Gasteiger partial charge on any atom is 0.309 e. The molecule has 0 atom stereocenters. The summed E-state index contributed by atoms with van der Waals surface area (Å²) in [7, 11) is 5.46. The smallest absolute Gasteiger partial charge is 0.309 e. The van der Waals surface area contributed by atoms with Crippen LogP contribution < -0.4 is 15.4 Å². The molecular weight excluding hydrogens is 530 g/mol. The third-order valence-electron chi connectivity index (χ3n) is 10.3. The van der Waals surface area contributed by atoms with Gasteiger partial charge in [0.25, 0.3) is 5.91 Å². The largest absolute Gasteiger partial charge is 0.494 e. The van der Waals surface area contributed by atoms with Crippen LogP contribution in [0, 0.1) is 17.8 Å². The minimum Gasteiger partial charge on any atom is -0.494 e. The van der Waals surface area contributed by atoms with Crippen molar-refractivity contribution in [3.8, 4) is 16.9 Å². The number of amides is 1. The molecule has 222 valence electrons. The van der Waals surface area contributed by atoms with Gasteiger partial charge in [0.2, 0.25) is 0 Å². The minimum atomic E-state index is -0.603. The molecular formula is C33H41N5O4. The number of carboxylic acids is 1. The number of hydrogen-bond donors (Lipinski definition) is 3. The maximum absolute atomic E-state index is 13.5. The van der Waals surface area contributed by atoms with Crippen molar-refractivity contribution in [2.24, 2.45) is 17.9 Å². The standard InChI is InChI=1S/C33H41N5O4/c1-21-22(23-8-6-10-25(34-2)28(23)42-4)7-5-9-24(21)36-30(39)29-35-26-19-38(17-11-27(26)37(29)3)18-16-32-12-14-33(20-32,15-13-32)31(40)41/h5-10,34H,11-20H2,1-4H3,(H,36,39)(H,40,41). The molecule has 1 aromatic heterocycles. The molecule has 3 N–H and O–H groups in total. The summed E-state index contributed by atoms with van der Waals surface area (Å²) in [6.45, 7) is 4.58. The van der Waals surface area contributed by atoms with Crippen molar-refractivity contribution >= 4 is 23.3 Å². The Morgan fingerprint density at radius 3 is 2.45 bits per heavy atom. The highest BCUT2D eigenvalue weighted by atomic mass is 16.5. The van der Waals surface area contributed by atoms with Gasteiger partial charge in [-0.1, -0.05) is 24.3 Å². The highest BCUT2D eigenvalue weighted by Gasteiger charge is 2.57. The first-order valence-corrected chi connectivity index (χ1v) is 15.0. The average Bonchev–Trinajstić information content (AvgIpc) is 3.67. The van der Waals surface area contributed by atoms with Crippen LogP contribution in [0.5, 0.6) is 5.75 Å². The van der Waals surface area contributed by atoms with Crippen LogP contribution in [-0.2, 0) is 24.8 Å². The predicted molar refractivity (Wildman–Crippen MR) is 163 cm³/mol. The van der Waals surface area contributed by atoms with Gasteiger partial charge in [0.1, 0.15) is 5.75 Å². The normalized spacial score (nSPS) is 23.0. The molecule has 0 saturated heterocycles. The topological polar surface area (TPSA) is 109 Å². The second-order valence-corrected chi connectivity index (χ2v) is 12.5. The van der Waals surface area contributed by atoms with Crippen LogP contribution in [0.25, 0.3) is 11.1 Å². The summed E-state index contributed by atoms with van der Waals surface area (Å²) in [6.07, 6.45) is 6.41. The molecule has 6 rings (SSSR count). The zero-order chi connectivity index (χ0) is 29.6. The molecule has 3 aromatic rings. The third-order valence-corrected chi connectivity index (χ3v) is 10.3. The highest BCUT2D eigenvalue weighted by molar-refractivity contribution is 6.03. The van der Waals surface area contributed by atoms with E-state index < -0.39 is 11.4 Å². The third kappa shape index (κ3) is 4.73. The molecule has 2 aromatic carbocycles. The fraction of sp³-hybridized carbons (Fsp3) is 0.485. The van der Waals surface area contributed by atoms with Gasteiger partial charge in [0.15, 0.2) is 5.82 Å². The van der Waals surface area contributed by atoms with E-state index in [4.69, 9.17) is 9.72 Å². The van der Waals surface area contributed by atoms with Gasteiger partial charge >= 0.3 is 5.97 Å². The number of carbonyl (C=O) groups excluding carboxylic acids is 1. The van der Waals surface area contributed by atoms with Gasteiger partial charge in [-0.3, -0.25) is 14.5 Å². The lowest BCUT2D eigenvalue weighted by Gasteiger charge is -2.32. The number of nitrogens with zero attached hydrogens (tertiary/aromatic N) is 3. The number of aromatic nitrogens is 2. The lowest BCUT2D eigenvalue weighted by molar-refractivity contribution is -0.148. The summed E-state index contributed by atoms with van der Waals surface area (Å²) in [6, 6.07) is 11.9. The molecule has 0 radical (unpaired) electrons. The summed E-state index contributed by atoms with van der Waals surface area (Å²) in [5.74, 6) is 0.344. The van der Waals surface area contributed by atoms with Gasteiger partial charge in [-0.25, -0.2) is 4.98 Å². The number of aliphatic carboxylic acids is 1. The maximum atomic E-state index is 13.5. The summed E-state index contributed by atoms with van der Waals surface area (Å²) < 4.78 is 7.66. The van der Waals surface area contributed by atoms with E-state index in [0.29, 0.717) is 12.4 Å². The molecule has 2 heterocycles. The molecule has 0 unspecified atom stereocenters. The van der Waals surface area contributed by atoms with Crippen molar-refractivity contribution < 1.29 is 19.4 Å². The van der Waals surface area contributed by atoms with Crippen LogP contribution in [0.1, 0.15) is 66.1 Å². The molecule has 1 aliphatic heterocycles. The number of para-hydroxylation sites is 1. The van der Waals surface area contributed by atoms with Crippen LogP contribution in [0.3, 0.4) is 0 Å². The quantitative estimate of drug-likeness (QED) is 0.312. The van der Waals surface area contributed by atoms with E-state index >= 15 is 0 Å². The highest BCUT2D eigenvalue weighted by Crippen LogP contribution is 2.63. The molecule has 2 saturated carbocycles. The summed E-state index contributed by atoms with van der Waals surface area (Å²) in [5, 5.41) is 16.1. The Morgan fingerprint density at radius 1 is 1.07 bits per heavy atom. The first-order chi connectivity index (χ1) is 20.2. The van der Waals surface area contributed by atoms with E-state index in [9.17, 15) is 14.7 Å². The van der Waals surface area contributed by atoms with Gasteiger partial charge in [-0.2, -0.15) is 0 Å². The Kier molecular flexibility index (Phi) is 7.25. The van der Waals surface area contributed by atoms with Crippen LogP contribution in [-0.4, -0.2) is 58.7 Å².